The highest BCUT2D eigenvalue weighted by Gasteiger charge is 2.19. The Morgan fingerprint density at radius 2 is 2.17 bits per heavy atom. The SMILES string of the molecule is Cc1c(Cl)cccc1N=c1oc2cc(O)ccc2cc1C(=O)NC[C@H]1CCCO1. The van der Waals surface area contributed by atoms with Gasteiger partial charge in [-0.2, -0.15) is 0 Å². The molecule has 6 nitrogen and oxygen atoms in total. The number of aromatic hydroxyl groups is 1. The van der Waals surface area contributed by atoms with Crippen molar-refractivity contribution in [3.63, 3.8) is 0 Å². The molecule has 1 aliphatic heterocycles. The van der Waals surface area contributed by atoms with Gasteiger partial charge in [0.15, 0.2) is 0 Å². The van der Waals surface area contributed by atoms with E-state index in [9.17, 15) is 9.90 Å². The van der Waals surface area contributed by atoms with Gasteiger partial charge < -0.3 is 19.6 Å². The van der Waals surface area contributed by atoms with Crippen LogP contribution in [0.25, 0.3) is 11.0 Å². The van der Waals surface area contributed by atoms with Crippen molar-refractivity contribution in [1.82, 2.24) is 5.32 Å². The van der Waals surface area contributed by atoms with E-state index in [-0.39, 0.29) is 23.3 Å². The van der Waals surface area contributed by atoms with Crippen LogP contribution in [0.5, 0.6) is 5.75 Å². The van der Waals surface area contributed by atoms with E-state index in [0.717, 1.165) is 25.0 Å². The number of carbonyl (C=O) groups excluding carboxylic acids is 1. The summed E-state index contributed by atoms with van der Waals surface area (Å²) in [6.45, 7) is 3.01. The Kier molecular flexibility index (Phi) is 5.56. The zero-order chi connectivity index (χ0) is 20.4. The summed E-state index contributed by atoms with van der Waals surface area (Å²) in [4.78, 5) is 17.5. The molecule has 0 unspecified atom stereocenters. The van der Waals surface area contributed by atoms with Crippen LogP contribution in [0.3, 0.4) is 0 Å². The van der Waals surface area contributed by atoms with Crippen LogP contribution in [0.4, 0.5) is 5.69 Å². The van der Waals surface area contributed by atoms with Gasteiger partial charge in [-0.3, -0.25) is 4.79 Å². The molecule has 1 saturated heterocycles. The maximum atomic E-state index is 12.9. The van der Waals surface area contributed by atoms with Crippen LogP contribution >= 0.6 is 11.6 Å². The van der Waals surface area contributed by atoms with Crippen molar-refractivity contribution in [2.45, 2.75) is 25.9 Å². The Bertz CT molecular complexity index is 1130. The summed E-state index contributed by atoms with van der Waals surface area (Å²) in [6, 6.07) is 11.8. The number of rotatable bonds is 4. The van der Waals surface area contributed by atoms with Crippen LogP contribution in [0, 0.1) is 6.92 Å². The van der Waals surface area contributed by atoms with Crippen molar-refractivity contribution < 1.29 is 19.1 Å². The first-order valence-electron chi connectivity index (χ1n) is 9.48. The van der Waals surface area contributed by atoms with Gasteiger partial charge in [0, 0.05) is 29.6 Å². The first-order chi connectivity index (χ1) is 14.0. The third kappa shape index (κ3) is 4.28. The first-order valence-corrected chi connectivity index (χ1v) is 9.85. The molecule has 3 aromatic rings. The minimum absolute atomic E-state index is 0.0313. The van der Waals surface area contributed by atoms with E-state index in [1.54, 1.807) is 36.4 Å². The van der Waals surface area contributed by atoms with Gasteiger partial charge in [-0.15, -0.1) is 0 Å². The number of nitrogens with one attached hydrogen (secondary N) is 1. The van der Waals surface area contributed by atoms with Crippen LogP contribution < -0.4 is 10.9 Å². The molecule has 1 amide bonds. The number of nitrogens with zero attached hydrogens (tertiary/aromatic N) is 1. The molecule has 0 radical (unpaired) electrons. The number of hydrogen-bond donors (Lipinski definition) is 2. The van der Waals surface area contributed by atoms with Crippen LogP contribution in [0.15, 0.2) is 51.9 Å². The second kappa shape index (κ2) is 8.27. The molecule has 1 aromatic heterocycles. The van der Waals surface area contributed by atoms with E-state index in [1.807, 2.05) is 6.92 Å². The van der Waals surface area contributed by atoms with Crippen molar-refractivity contribution >= 4 is 34.2 Å². The van der Waals surface area contributed by atoms with Crippen molar-refractivity contribution in [3.8, 4) is 5.75 Å². The number of phenols is 1. The Hall–Kier alpha value is -2.83. The fourth-order valence-electron chi connectivity index (χ4n) is 3.29. The quantitative estimate of drug-likeness (QED) is 0.671. The second-order valence-corrected chi connectivity index (χ2v) is 7.44. The van der Waals surface area contributed by atoms with Crippen LogP contribution in [0.2, 0.25) is 5.02 Å². The molecular weight excluding hydrogens is 392 g/mol. The Balaban J connectivity index is 1.79. The normalized spacial score (nSPS) is 17.0. The maximum Gasteiger partial charge on any atom is 0.256 e. The highest BCUT2D eigenvalue weighted by Crippen LogP contribution is 2.26. The van der Waals surface area contributed by atoms with E-state index < -0.39 is 0 Å². The number of amides is 1. The van der Waals surface area contributed by atoms with Gasteiger partial charge in [-0.05, 0) is 55.7 Å². The highest BCUT2D eigenvalue weighted by molar-refractivity contribution is 6.31. The molecule has 29 heavy (non-hydrogen) atoms. The molecule has 0 saturated carbocycles. The van der Waals surface area contributed by atoms with Gasteiger partial charge in [-0.25, -0.2) is 4.99 Å². The Labute approximate surface area is 172 Å². The fourth-order valence-corrected chi connectivity index (χ4v) is 3.46. The molecule has 2 heterocycles. The van der Waals surface area contributed by atoms with Crippen LogP contribution in [-0.4, -0.2) is 30.3 Å². The van der Waals surface area contributed by atoms with Crippen molar-refractivity contribution in [2.24, 2.45) is 4.99 Å². The zero-order valence-corrected chi connectivity index (χ0v) is 16.7. The van der Waals surface area contributed by atoms with E-state index in [1.165, 1.54) is 6.07 Å². The molecule has 0 spiro atoms. The van der Waals surface area contributed by atoms with Gasteiger partial charge in [0.2, 0.25) is 5.55 Å². The minimum atomic E-state index is -0.294. The van der Waals surface area contributed by atoms with Crippen molar-refractivity contribution in [3.05, 3.63) is 64.2 Å². The standard InChI is InChI=1S/C22H21ClN2O4/c1-13-18(23)5-2-6-19(13)25-22-17(21(27)24-12-16-4-3-9-28-16)10-14-7-8-15(26)11-20(14)29-22/h2,5-8,10-11,16,26H,3-4,9,12H2,1H3,(H,24,27)/t16-/m1/s1. The first kappa shape index (κ1) is 19.5. The summed E-state index contributed by atoms with van der Waals surface area (Å²) < 4.78 is 11.5. The summed E-state index contributed by atoms with van der Waals surface area (Å²) in [7, 11) is 0. The maximum absolute atomic E-state index is 12.9. The summed E-state index contributed by atoms with van der Waals surface area (Å²) in [6.07, 6.45) is 1.97. The summed E-state index contributed by atoms with van der Waals surface area (Å²) in [5.74, 6) is -0.223. The number of phenolic OH excluding ortho intramolecular Hbond substituents is 1. The van der Waals surface area contributed by atoms with E-state index in [0.29, 0.717) is 33.8 Å². The van der Waals surface area contributed by atoms with Gasteiger partial charge in [0.05, 0.1) is 11.8 Å². The third-order valence-electron chi connectivity index (χ3n) is 4.95. The topological polar surface area (TPSA) is 84.1 Å². The summed E-state index contributed by atoms with van der Waals surface area (Å²) in [5, 5.41) is 13.9. The molecular formula is C22H21ClN2O4. The number of ether oxygens (including phenoxy) is 1. The molecule has 1 atom stereocenters. The monoisotopic (exact) mass is 412 g/mol. The molecule has 7 heteroatoms. The molecule has 1 fully saturated rings. The highest BCUT2D eigenvalue weighted by atomic mass is 35.5. The summed E-state index contributed by atoms with van der Waals surface area (Å²) in [5.41, 5.74) is 2.28. The largest absolute Gasteiger partial charge is 0.508 e. The molecule has 0 bridgehead atoms. The van der Waals surface area contributed by atoms with E-state index in [4.69, 9.17) is 20.8 Å². The number of halogens is 1. The Morgan fingerprint density at radius 1 is 1.31 bits per heavy atom. The lowest BCUT2D eigenvalue weighted by molar-refractivity contribution is 0.0854. The van der Waals surface area contributed by atoms with Gasteiger partial charge in [-0.1, -0.05) is 17.7 Å². The van der Waals surface area contributed by atoms with E-state index in [2.05, 4.69) is 10.3 Å². The number of benzene rings is 2. The van der Waals surface area contributed by atoms with Gasteiger partial charge in [0.25, 0.3) is 5.91 Å². The predicted molar refractivity (Wildman–Crippen MR) is 111 cm³/mol. The third-order valence-corrected chi connectivity index (χ3v) is 5.36. The van der Waals surface area contributed by atoms with Gasteiger partial charge >= 0.3 is 0 Å². The zero-order valence-electron chi connectivity index (χ0n) is 15.9. The van der Waals surface area contributed by atoms with Crippen LogP contribution in [0.1, 0.15) is 28.8 Å². The fraction of sp³-hybridized carbons (Fsp3) is 0.273. The average Bonchev–Trinajstić information content (AvgIpc) is 3.23. The lowest BCUT2D eigenvalue weighted by atomic mass is 10.1. The number of fused-ring (bicyclic) bond motifs is 1. The molecule has 150 valence electrons. The predicted octanol–water partition coefficient (Wildman–Crippen LogP) is 4.24. The molecule has 2 N–H and O–H groups in total. The summed E-state index contributed by atoms with van der Waals surface area (Å²) >= 11 is 6.20. The second-order valence-electron chi connectivity index (χ2n) is 7.03. The molecule has 0 aliphatic carbocycles. The Morgan fingerprint density at radius 3 is 2.97 bits per heavy atom. The number of carbonyl (C=O) groups is 1. The van der Waals surface area contributed by atoms with Gasteiger partial charge in [0.1, 0.15) is 16.9 Å². The van der Waals surface area contributed by atoms with Crippen LogP contribution in [-0.2, 0) is 4.74 Å². The van der Waals surface area contributed by atoms with Crippen molar-refractivity contribution in [1.29, 1.82) is 0 Å². The lowest BCUT2D eigenvalue weighted by Crippen LogP contribution is -2.34. The number of hydrogen-bond acceptors (Lipinski definition) is 5. The minimum Gasteiger partial charge on any atom is -0.508 e. The lowest BCUT2D eigenvalue weighted by Gasteiger charge is -2.11. The molecule has 2 aromatic carbocycles. The smallest absolute Gasteiger partial charge is 0.256 e. The van der Waals surface area contributed by atoms with E-state index >= 15 is 0 Å². The molecule has 4 rings (SSSR count). The van der Waals surface area contributed by atoms with Crippen molar-refractivity contribution in [2.75, 3.05) is 13.2 Å². The average molecular weight is 413 g/mol. The molecule has 1 aliphatic rings.